The number of benzene rings is 1. The van der Waals surface area contributed by atoms with Crippen molar-refractivity contribution in [3.05, 3.63) is 30.3 Å². The summed E-state index contributed by atoms with van der Waals surface area (Å²) in [4.78, 5) is 0. The molecule has 0 bridgehead atoms. The first-order valence-corrected chi connectivity index (χ1v) is 18.8. The van der Waals surface area contributed by atoms with Crippen molar-refractivity contribution in [2.24, 2.45) is 0 Å². The average Bonchev–Trinajstić information content (AvgIpc) is 2.31. The summed E-state index contributed by atoms with van der Waals surface area (Å²) in [6.07, 6.45) is 4.22. The van der Waals surface area contributed by atoms with Gasteiger partial charge in [-0.25, -0.2) is 0 Å². The van der Waals surface area contributed by atoms with Gasteiger partial charge < -0.3 is 0 Å². The van der Waals surface area contributed by atoms with Crippen LogP contribution in [0.5, 0.6) is 0 Å². The molecule has 1 aliphatic rings. The van der Waals surface area contributed by atoms with Gasteiger partial charge in [0.1, 0.15) is 0 Å². The third kappa shape index (κ3) is 3.71. The first-order chi connectivity index (χ1) is 7.68. The Bertz CT molecular complexity index is 323. The molecule has 0 N–H and O–H groups in total. The van der Waals surface area contributed by atoms with E-state index in [2.05, 4.69) is 55.8 Å². The van der Waals surface area contributed by atoms with Crippen LogP contribution in [-0.2, 0) is 4.74 Å². The van der Waals surface area contributed by atoms with Crippen molar-refractivity contribution in [2.75, 3.05) is 6.61 Å². The SMILES string of the molecule is Br[Te](Br)(CC1CCCCO1)c1ccccc1. The van der Waals surface area contributed by atoms with Gasteiger partial charge >= 0.3 is 114 Å². The van der Waals surface area contributed by atoms with E-state index in [1.165, 1.54) is 22.9 Å². The topological polar surface area (TPSA) is 9.23 Å². The quantitative estimate of drug-likeness (QED) is 0.622. The van der Waals surface area contributed by atoms with Crippen LogP contribution >= 0.6 is 25.5 Å². The summed E-state index contributed by atoms with van der Waals surface area (Å²) in [6, 6.07) is 10.7. The molecule has 0 aromatic heterocycles. The van der Waals surface area contributed by atoms with E-state index < -0.39 is 13.8 Å². The molecule has 0 saturated carbocycles. The standard InChI is InChI=1S/C12H16Br2OTe/c13-16(14,12-7-2-1-3-8-12)10-11-6-4-5-9-15-11/h1-3,7-8,11H,4-6,9-10H2. The molecular weight excluding hydrogens is 448 g/mol. The zero-order valence-corrected chi connectivity index (χ0v) is 14.6. The Morgan fingerprint density at radius 2 is 1.94 bits per heavy atom. The van der Waals surface area contributed by atoms with Crippen LogP contribution in [0, 0.1) is 0 Å². The normalized spacial score (nSPS) is 23.0. The Morgan fingerprint density at radius 1 is 1.19 bits per heavy atom. The predicted octanol–water partition coefficient (Wildman–Crippen LogP) is 3.69. The first kappa shape index (κ1) is 13.4. The molecule has 1 aromatic carbocycles. The molecule has 0 aliphatic carbocycles. The minimum atomic E-state index is -2.23. The molecule has 1 saturated heterocycles. The van der Waals surface area contributed by atoms with Crippen molar-refractivity contribution in [3.8, 4) is 0 Å². The van der Waals surface area contributed by atoms with E-state index in [1.807, 2.05) is 0 Å². The maximum absolute atomic E-state index is 5.82. The Balaban J connectivity index is 2.01. The Hall–Kier alpha value is 0.930. The van der Waals surface area contributed by atoms with Gasteiger partial charge in [-0.3, -0.25) is 0 Å². The van der Waals surface area contributed by atoms with Gasteiger partial charge in [0.05, 0.1) is 0 Å². The summed E-state index contributed by atoms with van der Waals surface area (Å²) in [6.45, 7) is 0.943. The summed E-state index contributed by atoms with van der Waals surface area (Å²) in [7, 11) is 0. The molecule has 1 atom stereocenters. The van der Waals surface area contributed by atoms with Crippen molar-refractivity contribution < 1.29 is 4.74 Å². The van der Waals surface area contributed by atoms with Gasteiger partial charge in [0.25, 0.3) is 0 Å². The first-order valence-electron chi connectivity index (χ1n) is 5.55. The Morgan fingerprint density at radius 3 is 2.56 bits per heavy atom. The molecule has 0 amide bonds. The van der Waals surface area contributed by atoms with Crippen LogP contribution in [0.25, 0.3) is 0 Å². The monoisotopic (exact) mass is 464 g/mol. The summed E-state index contributed by atoms with van der Waals surface area (Å²) in [5.74, 6) is 0. The van der Waals surface area contributed by atoms with E-state index in [0.717, 1.165) is 11.1 Å². The van der Waals surface area contributed by atoms with E-state index in [-0.39, 0.29) is 0 Å². The number of rotatable bonds is 3. The van der Waals surface area contributed by atoms with Crippen LogP contribution in [0.2, 0.25) is 4.47 Å². The molecule has 4 heteroatoms. The fraction of sp³-hybridized carbons (Fsp3) is 0.500. The molecule has 1 aliphatic heterocycles. The number of hydrogen-bond donors (Lipinski definition) is 0. The van der Waals surface area contributed by atoms with Crippen molar-refractivity contribution in [2.45, 2.75) is 29.8 Å². The van der Waals surface area contributed by atoms with Gasteiger partial charge in [-0.05, 0) is 0 Å². The molecular formula is C12H16Br2OTe. The average molecular weight is 464 g/mol. The third-order valence-corrected chi connectivity index (χ3v) is 16.3. The molecule has 90 valence electrons. The fourth-order valence-corrected chi connectivity index (χ4v) is 13.0. The summed E-state index contributed by atoms with van der Waals surface area (Å²) in [5, 5.41) is 0. The van der Waals surface area contributed by atoms with Crippen molar-refractivity contribution >= 4 is 42.9 Å². The van der Waals surface area contributed by atoms with Gasteiger partial charge in [-0.1, -0.05) is 0 Å². The molecule has 2 rings (SSSR count). The maximum atomic E-state index is 5.82. The zero-order valence-electron chi connectivity index (χ0n) is 9.07. The van der Waals surface area contributed by atoms with Crippen LogP contribution in [0.4, 0.5) is 0 Å². The van der Waals surface area contributed by atoms with E-state index in [1.54, 1.807) is 0 Å². The van der Waals surface area contributed by atoms with Crippen LogP contribution < -0.4 is 3.61 Å². The summed E-state index contributed by atoms with van der Waals surface area (Å²) < 4.78 is 8.43. The van der Waals surface area contributed by atoms with E-state index >= 15 is 0 Å². The van der Waals surface area contributed by atoms with Crippen LogP contribution in [0.15, 0.2) is 30.3 Å². The third-order valence-electron chi connectivity index (χ3n) is 2.76. The number of hydrogen-bond acceptors (Lipinski definition) is 1. The van der Waals surface area contributed by atoms with Crippen molar-refractivity contribution in [1.29, 1.82) is 0 Å². The van der Waals surface area contributed by atoms with E-state index in [4.69, 9.17) is 4.74 Å². The summed E-state index contributed by atoms with van der Waals surface area (Å²) >= 11 is 5.68. The second-order valence-electron chi connectivity index (χ2n) is 4.04. The Labute approximate surface area is 113 Å². The van der Waals surface area contributed by atoms with Crippen LogP contribution in [0.3, 0.4) is 0 Å². The molecule has 1 nitrogen and oxygen atoms in total. The molecule has 0 spiro atoms. The molecule has 1 aromatic rings. The van der Waals surface area contributed by atoms with Crippen LogP contribution in [-0.4, -0.2) is 26.5 Å². The van der Waals surface area contributed by atoms with Gasteiger partial charge in [-0.2, -0.15) is 0 Å². The van der Waals surface area contributed by atoms with Crippen molar-refractivity contribution in [1.82, 2.24) is 0 Å². The predicted molar refractivity (Wildman–Crippen MR) is 78.1 cm³/mol. The molecule has 1 fully saturated rings. The minimum absolute atomic E-state index is 0.453. The van der Waals surface area contributed by atoms with Gasteiger partial charge in [0, 0.05) is 0 Å². The zero-order chi connectivity index (χ0) is 11.4. The van der Waals surface area contributed by atoms with Crippen molar-refractivity contribution in [3.63, 3.8) is 0 Å². The summed E-state index contributed by atoms with van der Waals surface area (Å²) in [5.41, 5.74) is 0. The molecule has 0 radical (unpaired) electrons. The molecule has 1 unspecified atom stereocenters. The van der Waals surface area contributed by atoms with E-state index in [9.17, 15) is 0 Å². The molecule has 16 heavy (non-hydrogen) atoms. The Kier molecular flexibility index (Phi) is 5.18. The van der Waals surface area contributed by atoms with Crippen LogP contribution in [0.1, 0.15) is 19.3 Å². The van der Waals surface area contributed by atoms with E-state index in [0.29, 0.717) is 6.10 Å². The number of ether oxygens (including phenoxy) is 1. The fourth-order valence-electron chi connectivity index (χ4n) is 1.89. The van der Waals surface area contributed by atoms with Gasteiger partial charge in [-0.15, -0.1) is 0 Å². The number of halogens is 2. The molecule has 1 heterocycles. The van der Waals surface area contributed by atoms with Gasteiger partial charge in [0.2, 0.25) is 0 Å². The second-order valence-corrected chi connectivity index (χ2v) is 30.3. The van der Waals surface area contributed by atoms with Gasteiger partial charge in [0.15, 0.2) is 0 Å². The second kappa shape index (κ2) is 6.20.